The van der Waals surface area contributed by atoms with Crippen molar-refractivity contribution < 1.29 is 0 Å². The molecule has 0 aliphatic heterocycles. The smallest absolute Gasteiger partial charge is 0.0982 e. The molecule has 3 heteroatoms. The second-order valence-electron chi connectivity index (χ2n) is 3.38. The predicted molar refractivity (Wildman–Crippen MR) is 67.4 cm³/mol. The summed E-state index contributed by atoms with van der Waals surface area (Å²) >= 11 is 7.74. The van der Waals surface area contributed by atoms with Gasteiger partial charge in [-0.25, -0.2) is 0 Å². The van der Waals surface area contributed by atoms with Crippen LogP contribution < -0.4 is 5.73 Å². The monoisotopic (exact) mass is 237 g/mol. The van der Waals surface area contributed by atoms with Crippen LogP contribution in [0.5, 0.6) is 0 Å². The third-order valence-corrected chi connectivity index (χ3v) is 4.09. The molecule has 2 rings (SSSR count). The Labute approximate surface area is 98.5 Å². The summed E-state index contributed by atoms with van der Waals surface area (Å²) in [6, 6.07) is 10.3. The molecule has 1 nitrogen and oxygen atoms in total. The van der Waals surface area contributed by atoms with Crippen LogP contribution >= 0.6 is 22.9 Å². The van der Waals surface area contributed by atoms with E-state index in [0.29, 0.717) is 6.54 Å². The van der Waals surface area contributed by atoms with Gasteiger partial charge in [-0.3, -0.25) is 0 Å². The van der Waals surface area contributed by atoms with Crippen molar-refractivity contribution in [3.05, 3.63) is 45.8 Å². The summed E-state index contributed by atoms with van der Waals surface area (Å²) < 4.78 is 0.814. The molecule has 0 aliphatic carbocycles. The first-order valence-electron chi connectivity index (χ1n) is 4.77. The zero-order chi connectivity index (χ0) is 10.8. The minimum absolute atomic E-state index is 0.508. The second-order valence-corrected chi connectivity index (χ2v) is 5.00. The zero-order valence-electron chi connectivity index (χ0n) is 8.46. The topological polar surface area (TPSA) is 26.0 Å². The molecule has 0 saturated heterocycles. The zero-order valence-corrected chi connectivity index (χ0v) is 10.0. The van der Waals surface area contributed by atoms with Crippen molar-refractivity contribution in [2.24, 2.45) is 5.73 Å². The van der Waals surface area contributed by atoms with Crippen LogP contribution in [0.1, 0.15) is 11.1 Å². The Hall–Kier alpha value is -0.830. The van der Waals surface area contributed by atoms with Gasteiger partial charge < -0.3 is 5.73 Å². The molecule has 1 heterocycles. The molecular formula is C12H12ClNS. The second kappa shape index (κ2) is 4.35. The van der Waals surface area contributed by atoms with Gasteiger partial charge in [0.15, 0.2) is 0 Å². The molecule has 0 amide bonds. The van der Waals surface area contributed by atoms with Crippen LogP contribution in [0.4, 0.5) is 0 Å². The van der Waals surface area contributed by atoms with E-state index in [1.54, 1.807) is 11.3 Å². The van der Waals surface area contributed by atoms with E-state index >= 15 is 0 Å². The quantitative estimate of drug-likeness (QED) is 0.844. The number of rotatable bonds is 2. The van der Waals surface area contributed by atoms with Crippen molar-refractivity contribution in [2.75, 3.05) is 0 Å². The minimum atomic E-state index is 0.508. The molecule has 0 bridgehead atoms. The van der Waals surface area contributed by atoms with Gasteiger partial charge in [-0.15, -0.1) is 11.3 Å². The van der Waals surface area contributed by atoms with Gasteiger partial charge >= 0.3 is 0 Å². The molecule has 0 radical (unpaired) electrons. The molecular weight excluding hydrogens is 226 g/mol. The summed E-state index contributed by atoms with van der Waals surface area (Å²) in [5, 5.41) is 0. The highest BCUT2D eigenvalue weighted by Crippen LogP contribution is 2.38. The molecule has 1 aromatic heterocycles. The van der Waals surface area contributed by atoms with E-state index in [-0.39, 0.29) is 0 Å². The molecule has 0 saturated carbocycles. The summed E-state index contributed by atoms with van der Waals surface area (Å²) in [5.74, 6) is 0. The highest BCUT2D eigenvalue weighted by molar-refractivity contribution is 7.19. The van der Waals surface area contributed by atoms with Crippen LogP contribution in [0.25, 0.3) is 10.4 Å². The highest BCUT2D eigenvalue weighted by Gasteiger charge is 2.12. The lowest BCUT2D eigenvalue weighted by molar-refractivity contribution is 1.06. The Bertz CT molecular complexity index is 462. The molecule has 0 atom stereocenters. The van der Waals surface area contributed by atoms with Gasteiger partial charge in [0.25, 0.3) is 0 Å². The lowest BCUT2D eigenvalue weighted by Crippen LogP contribution is -1.96. The number of halogens is 1. The van der Waals surface area contributed by atoms with E-state index in [1.165, 1.54) is 16.0 Å². The fraction of sp³-hybridized carbons (Fsp3) is 0.167. The molecule has 0 spiro atoms. The van der Waals surface area contributed by atoms with Crippen molar-refractivity contribution in [1.29, 1.82) is 0 Å². The maximum absolute atomic E-state index is 6.14. The molecule has 2 N–H and O–H groups in total. The summed E-state index contributed by atoms with van der Waals surface area (Å²) in [6.45, 7) is 2.58. The fourth-order valence-electron chi connectivity index (χ4n) is 1.61. The molecule has 2 aromatic rings. The molecule has 0 fully saturated rings. The van der Waals surface area contributed by atoms with Crippen molar-refractivity contribution >= 4 is 22.9 Å². The molecule has 0 aliphatic rings. The van der Waals surface area contributed by atoms with Gasteiger partial charge in [0, 0.05) is 11.4 Å². The van der Waals surface area contributed by atoms with Crippen molar-refractivity contribution in [3.8, 4) is 10.4 Å². The molecule has 1 aromatic carbocycles. The summed E-state index contributed by atoms with van der Waals surface area (Å²) in [4.78, 5) is 1.22. The van der Waals surface area contributed by atoms with Gasteiger partial charge in [-0.05, 0) is 23.6 Å². The number of nitrogens with two attached hydrogens (primary N) is 1. The van der Waals surface area contributed by atoms with Crippen LogP contribution in [0.3, 0.4) is 0 Å². The number of benzene rings is 1. The Morgan fingerprint density at radius 1 is 1.27 bits per heavy atom. The third-order valence-electron chi connectivity index (χ3n) is 2.46. The van der Waals surface area contributed by atoms with Gasteiger partial charge in [-0.2, -0.15) is 0 Å². The highest BCUT2D eigenvalue weighted by atomic mass is 35.5. The van der Waals surface area contributed by atoms with Gasteiger partial charge in [0.05, 0.1) is 4.34 Å². The maximum Gasteiger partial charge on any atom is 0.0982 e. The number of hydrogen-bond donors (Lipinski definition) is 1. The van der Waals surface area contributed by atoms with E-state index < -0.39 is 0 Å². The van der Waals surface area contributed by atoms with Crippen molar-refractivity contribution in [1.82, 2.24) is 0 Å². The summed E-state index contributed by atoms with van der Waals surface area (Å²) in [6.07, 6.45) is 0. The fourth-order valence-corrected chi connectivity index (χ4v) is 3.13. The lowest BCUT2D eigenvalue weighted by atomic mass is 10.1. The van der Waals surface area contributed by atoms with E-state index in [9.17, 15) is 0 Å². The van der Waals surface area contributed by atoms with E-state index in [1.807, 2.05) is 18.2 Å². The van der Waals surface area contributed by atoms with Crippen LogP contribution in [0.2, 0.25) is 4.34 Å². The van der Waals surface area contributed by atoms with Gasteiger partial charge in [-0.1, -0.05) is 41.9 Å². The first-order chi connectivity index (χ1) is 7.24. The van der Waals surface area contributed by atoms with Crippen LogP contribution in [-0.2, 0) is 6.54 Å². The molecule has 15 heavy (non-hydrogen) atoms. The number of hydrogen-bond acceptors (Lipinski definition) is 2. The Morgan fingerprint density at radius 2 is 1.93 bits per heavy atom. The maximum atomic E-state index is 6.14. The first-order valence-corrected chi connectivity index (χ1v) is 5.96. The van der Waals surface area contributed by atoms with Gasteiger partial charge in [0.2, 0.25) is 0 Å². The summed E-state index contributed by atoms with van der Waals surface area (Å²) in [5.41, 5.74) is 9.15. The predicted octanol–water partition coefficient (Wildman–Crippen LogP) is 3.84. The Balaban J connectivity index is 2.55. The SMILES string of the molecule is Cc1c(-c2ccccc2)sc(Cl)c1CN. The third kappa shape index (κ3) is 1.93. The molecule has 78 valence electrons. The van der Waals surface area contributed by atoms with Crippen LogP contribution in [0.15, 0.2) is 30.3 Å². The summed E-state index contributed by atoms with van der Waals surface area (Å²) in [7, 11) is 0. The minimum Gasteiger partial charge on any atom is -0.326 e. The van der Waals surface area contributed by atoms with Crippen molar-refractivity contribution in [3.63, 3.8) is 0 Å². The Kier molecular flexibility index (Phi) is 3.10. The van der Waals surface area contributed by atoms with E-state index in [0.717, 1.165) is 9.90 Å². The average Bonchev–Trinajstić information content (AvgIpc) is 2.55. The van der Waals surface area contributed by atoms with E-state index in [4.69, 9.17) is 17.3 Å². The lowest BCUT2D eigenvalue weighted by Gasteiger charge is -2.00. The first kappa shape index (κ1) is 10.7. The number of thiophene rings is 1. The standard InChI is InChI=1S/C12H12ClNS/c1-8-10(7-14)12(13)15-11(8)9-5-3-2-4-6-9/h2-6H,7,14H2,1H3. The van der Waals surface area contributed by atoms with E-state index in [2.05, 4.69) is 19.1 Å². The average molecular weight is 238 g/mol. The van der Waals surface area contributed by atoms with Crippen LogP contribution in [-0.4, -0.2) is 0 Å². The Morgan fingerprint density at radius 3 is 2.47 bits per heavy atom. The normalized spacial score (nSPS) is 10.6. The largest absolute Gasteiger partial charge is 0.326 e. The van der Waals surface area contributed by atoms with Gasteiger partial charge in [0.1, 0.15) is 0 Å². The molecule has 0 unspecified atom stereocenters. The van der Waals surface area contributed by atoms with Crippen molar-refractivity contribution in [2.45, 2.75) is 13.5 Å². The van der Waals surface area contributed by atoms with Crippen LogP contribution in [0, 0.1) is 6.92 Å².